The summed E-state index contributed by atoms with van der Waals surface area (Å²) in [6.07, 6.45) is 4.90. The molecule has 0 aromatic carbocycles. The maximum Gasteiger partial charge on any atom is 0.255 e. The van der Waals surface area contributed by atoms with E-state index in [-0.39, 0.29) is 5.56 Å². The lowest BCUT2D eigenvalue weighted by Crippen LogP contribution is -2.39. The van der Waals surface area contributed by atoms with E-state index >= 15 is 0 Å². The van der Waals surface area contributed by atoms with Crippen LogP contribution in [-0.4, -0.2) is 11.7 Å². The highest BCUT2D eigenvalue weighted by Gasteiger charge is 1.87. The zero-order valence-electron chi connectivity index (χ0n) is 6.87. The number of aliphatic imine (C=N–C) groups is 1. The van der Waals surface area contributed by atoms with Crippen molar-refractivity contribution in [1.29, 1.82) is 0 Å². The fourth-order valence-electron chi connectivity index (χ4n) is 1.01. The SMILES string of the molecule is C=N/C=c1/cc[nH]c(=O)/c1=C/C. The fraction of sp³-hybridized carbons (Fsp3) is 0.111. The van der Waals surface area contributed by atoms with Gasteiger partial charge in [-0.1, -0.05) is 6.08 Å². The summed E-state index contributed by atoms with van der Waals surface area (Å²) in [5, 5.41) is 1.42. The first-order valence-electron chi connectivity index (χ1n) is 3.59. The number of aromatic amines is 1. The quantitative estimate of drug-likeness (QED) is 0.562. The van der Waals surface area contributed by atoms with Gasteiger partial charge in [0.1, 0.15) is 0 Å². The molecule has 3 nitrogen and oxygen atoms in total. The van der Waals surface area contributed by atoms with Crippen LogP contribution in [0.25, 0.3) is 12.3 Å². The lowest BCUT2D eigenvalue weighted by Gasteiger charge is -1.86. The molecule has 0 aliphatic rings. The molecule has 12 heavy (non-hydrogen) atoms. The highest BCUT2D eigenvalue weighted by Crippen LogP contribution is 1.63. The first-order chi connectivity index (χ1) is 5.79. The number of hydrogen-bond donors (Lipinski definition) is 1. The Labute approximate surface area is 69.8 Å². The predicted molar refractivity (Wildman–Crippen MR) is 50.5 cm³/mol. The van der Waals surface area contributed by atoms with Crippen LogP contribution in [0.2, 0.25) is 0 Å². The Hall–Kier alpha value is -1.64. The van der Waals surface area contributed by atoms with Gasteiger partial charge in [0.25, 0.3) is 5.56 Å². The number of pyridine rings is 1. The van der Waals surface area contributed by atoms with E-state index in [0.717, 1.165) is 5.22 Å². The fourth-order valence-corrected chi connectivity index (χ4v) is 1.01. The van der Waals surface area contributed by atoms with E-state index in [1.807, 2.05) is 6.92 Å². The van der Waals surface area contributed by atoms with Crippen molar-refractivity contribution in [2.24, 2.45) is 4.99 Å². The third-order valence-corrected chi connectivity index (χ3v) is 1.55. The zero-order valence-corrected chi connectivity index (χ0v) is 6.87. The van der Waals surface area contributed by atoms with Crippen LogP contribution in [-0.2, 0) is 0 Å². The number of H-pyrrole nitrogens is 1. The summed E-state index contributed by atoms with van der Waals surface area (Å²) in [7, 11) is 0. The van der Waals surface area contributed by atoms with Gasteiger partial charge in [-0.25, -0.2) is 0 Å². The maximum absolute atomic E-state index is 11.2. The van der Waals surface area contributed by atoms with Crippen molar-refractivity contribution in [2.45, 2.75) is 6.92 Å². The number of nitrogens with one attached hydrogen (secondary N) is 1. The third-order valence-electron chi connectivity index (χ3n) is 1.55. The van der Waals surface area contributed by atoms with E-state index in [9.17, 15) is 4.79 Å². The average Bonchev–Trinajstić information content (AvgIpc) is 2.05. The van der Waals surface area contributed by atoms with Gasteiger partial charge in [-0.2, -0.15) is 0 Å². The van der Waals surface area contributed by atoms with E-state index in [2.05, 4.69) is 16.7 Å². The summed E-state index contributed by atoms with van der Waals surface area (Å²) in [6.45, 7) is 5.14. The van der Waals surface area contributed by atoms with E-state index in [1.54, 1.807) is 24.5 Å². The summed E-state index contributed by atoms with van der Waals surface area (Å²) >= 11 is 0. The molecule has 0 amide bonds. The predicted octanol–water partition coefficient (Wildman–Crippen LogP) is -0.386. The van der Waals surface area contributed by atoms with Crippen LogP contribution in [0.3, 0.4) is 0 Å². The molecule has 0 atom stereocenters. The Kier molecular flexibility index (Phi) is 2.58. The standard InChI is InChI=1S/C9H10N2O/c1-3-8-7(6-10-2)4-5-11-9(8)12/h3-6H,2H2,1H3,(H,11,12)/b7-6-,8-3+. The molecular weight excluding hydrogens is 152 g/mol. The third kappa shape index (κ3) is 1.50. The lowest BCUT2D eigenvalue weighted by atomic mass is 10.3. The molecule has 0 radical (unpaired) electrons. The van der Waals surface area contributed by atoms with Crippen LogP contribution in [0.15, 0.2) is 22.1 Å². The van der Waals surface area contributed by atoms with Crippen molar-refractivity contribution in [3.63, 3.8) is 0 Å². The number of hydrogen-bond acceptors (Lipinski definition) is 2. The van der Waals surface area contributed by atoms with Gasteiger partial charge in [-0.15, -0.1) is 0 Å². The molecule has 1 heterocycles. The summed E-state index contributed by atoms with van der Waals surface area (Å²) in [5.74, 6) is 0. The van der Waals surface area contributed by atoms with Crippen LogP contribution in [0, 0.1) is 0 Å². The van der Waals surface area contributed by atoms with Crippen LogP contribution < -0.4 is 16.0 Å². The van der Waals surface area contributed by atoms with E-state index in [0.29, 0.717) is 5.22 Å². The number of aromatic nitrogens is 1. The maximum atomic E-state index is 11.2. The molecular formula is C9H10N2O. The molecule has 1 aromatic rings. The summed E-state index contributed by atoms with van der Waals surface area (Å²) in [5.41, 5.74) is -0.102. The molecule has 0 bridgehead atoms. The van der Waals surface area contributed by atoms with Gasteiger partial charge >= 0.3 is 0 Å². The van der Waals surface area contributed by atoms with Crippen molar-refractivity contribution in [3.05, 3.63) is 33.1 Å². The van der Waals surface area contributed by atoms with Crippen molar-refractivity contribution in [2.75, 3.05) is 0 Å². The average molecular weight is 162 g/mol. The molecule has 0 unspecified atom stereocenters. The van der Waals surface area contributed by atoms with Crippen LogP contribution in [0.4, 0.5) is 0 Å². The Morgan fingerprint density at radius 2 is 2.42 bits per heavy atom. The largest absolute Gasteiger partial charge is 0.329 e. The van der Waals surface area contributed by atoms with E-state index < -0.39 is 0 Å². The Morgan fingerprint density at radius 1 is 1.67 bits per heavy atom. The summed E-state index contributed by atoms with van der Waals surface area (Å²) in [6, 6.07) is 1.78. The summed E-state index contributed by atoms with van der Waals surface area (Å²) in [4.78, 5) is 17.4. The molecule has 62 valence electrons. The molecule has 1 aromatic heterocycles. The topological polar surface area (TPSA) is 45.2 Å². The van der Waals surface area contributed by atoms with Gasteiger partial charge in [0.05, 0.1) is 0 Å². The summed E-state index contributed by atoms with van der Waals surface area (Å²) < 4.78 is 0. The second-order valence-corrected chi connectivity index (χ2v) is 2.28. The van der Waals surface area contributed by atoms with Crippen molar-refractivity contribution < 1.29 is 0 Å². The second kappa shape index (κ2) is 3.67. The molecule has 0 fully saturated rings. The van der Waals surface area contributed by atoms with Gasteiger partial charge < -0.3 is 4.98 Å². The minimum absolute atomic E-state index is 0.102. The number of nitrogens with zero attached hydrogens (tertiary/aromatic N) is 1. The molecule has 0 aliphatic carbocycles. The monoisotopic (exact) mass is 162 g/mol. The number of rotatable bonds is 1. The Morgan fingerprint density at radius 3 is 3.00 bits per heavy atom. The van der Waals surface area contributed by atoms with Crippen molar-refractivity contribution in [3.8, 4) is 0 Å². The molecule has 0 saturated heterocycles. The van der Waals surface area contributed by atoms with Gasteiger partial charge in [0.2, 0.25) is 0 Å². The van der Waals surface area contributed by atoms with E-state index in [4.69, 9.17) is 0 Å². The highest BCUT2D eigenvalue weighted by atomic mass is 16.1. The Balaban J connectivity index is 3.73. The zero-order chi connectivity index (χ0) is 8.97. The molecule has 3 heteroatoms. The van der Waals surface area contributed by atoms with Crippen LogP contribution in [0.1, 0.15) is 6.92 Å². The molecule has 0 saturated carbocycles. The highest BCUT2D eigenvalue weighted by molar-refractivity contribution is 5.37. The lowest BCUT2D eigenvalue weighted by molar-refractivity contribution is 1.18. The smallest absolute Gasteiger partial charge is 0.255 e. The first kappa shape index (κ1) is 8.46. The minimum Gasteiger partial charge on any atom is -0.329 e. The van der Waals surface area contributed by atoms with E-state index in [1.165, 1.54) is 0 Å². The molecule has 0 spiro atoms. The minimum atomic E-state index is -0.102. The molecule has 1 N–H and O–H groups in total. The molecule has 1 rings (SSSR count). The molecule has 0 aliphatic heterocycles. The first-order valence-corrected chi connectivity index (χ1v) is 3.59. The van der Waals surface area contributed by atoms with Gasteiger partial charge in [0, 0.05) is 22.8 Å². The van der Waals surface area contributed by atoms with Gasteiger partial charge in [0.15, 0.2) is 0 Å². The van der Waals surface area contributed by atoms with Crippen LogP contribution in [0.5, 0.6) is 0 Å². The van der Waals surface area contributed by atoms with Gasteiger partial charge in [-0.05, 0) is 19.7 Å². The van der Waals surface area contributed by atoms with Gasteiger partial charge in [-0.3, -0.25) is 9.79 Å². The second-order valence-electron chi connectivity index (χ2n) is 2.28. The van der Waals surface area contributed by atoms with Crippen molar-refractivity contribution in [1.82, 2.24) is 4.98 Å². The Bertz CT molecular complexity index is 442. The van der Waals surface area contributed by atoms with Crippen molar-refractivity contribution >= 4 is 19.0 Å². The normalized spacial score (nSPS) is 13.4. The van der Waals surface area contributed by atoms with Crippen LogP contribution >= 0.6 is 0 Å².